The number of fused-ring (bicyclic) bond motifs is 3. The van der Waals surface area contributed by atoms with Gasteiger partial charge in [-0.15, -0.1) is 5.10 Å². The largest absolute Gasteiger partial charge is 0.473 e. The molecule has 4 heterocycles. The van der Waals surface area contributed by atoms with E-state index in [0.29, 0.717) is 54.4 Å². The van der Waals surface area contributed by atoms with E-state index in [0.717, 1.165) is 9.86 Å². The monoisotopic (exact) mass is 543 g/mol. The van der Waals surface area contributed by atoms with Crippen molar-refractivity contribution in [3.63, 3.8) is 0 Å². The maximum Gasteiger partial charge on any atom is 0.410 e. The third-order valence-electron chi connectivity index (χ3n) is 5.77. The standard InChI is InChI=1S/C24H26BrN5O5/c1-24(2,3)35-23(32)30-9-7-14(8-10-30)33-18-12-16(29(4)28-18)21-26-19-15-11-13(25)5-6-17(15)34-20(19)22(31)27-21/h5-6,11-12,14H,7-10H2,1-4H3,(H,26,27,31). The van der Waals surface area contributed by atoms with Crippen LogP contribution < -0.4 is 10.3 Å². The molecule has 1 fully saturated rings. The topological polar surface area (TPSA) is 115 Å². The molecule has 1 aromatic carbocycles. The van der Waals surface area contributed by atoms with Gasteiger partial charge >= 0.3 is 6.09 Å². The van der Waals surface area contributed by atoms with E-state index in [1.54, 1.807) is 28.8 Å². The number of hydrogen-bond acceptors (Lipinski definition) is 7. The number of benzene rings is 1. The summed E-state index contributed by atoms with van der Waals surface area (Å²) in [5, 5.41) is 5.20. The number of H-pyrrole nitrogens is 1. The zero-order chi connectivity index (χ0) is 24.9. The molecule has 35 heavy (non-hydrogen) atoms. The summed E-state index contributed by atoms with van der Waals surface area (Å²) < 4.78 is 19.7. The third-order valence-corrected chi connectivity index (χ3v) is 6.26. The predicted octanol–water partition coefficient (Wildman–Crippen LogP) is 4.61. The number of carbonyl (C=O) groups is 1. The zero-order valence-corrected chi connectivity index (χ0v) is 21.5. The summed E-state index contributed by atoms with van der Waals surface area (Å²) in [6.07, 6.45) is 0.950. The number of carbonyl (C=O) groups excluding carboxylic acids is 1. The van der Waals surface area contributed by atoms with Crippen LogP contribution in [0.1, 0.15) is 33.6 Å². The quantitative estimate of drug-likeness (QED) is 0.401. The van der Waals surface area contributed by atoms with Gasteiger partial charge in [0.2, 0.25) is 11.5 Å². The number of rotatable bonds is 3. The number of hydrogen-bond donors (Lipinski definition) is 1. The summed E-state index contributed by atoms with van der Waals surface area (Å²) in [4.78, 5) is 34.2. The summed E-state index contributed by atoms with van der Waals surface area (Å²) in [6, 6.07) is 7.27. The van der Waals surface area contributed by atoms with Gasteiger partial charge in [0.25, 0.3) is 5.56 Å². The molecule has 1 amide bonds. The second kappa shape index (κ2) is 8.71. The third kappa shape index (κ3) is 4.77. The van der Waals surface area contributed by atoms with Gasteiger partial charge in [0.05, 0.1) is 0 Å². The maximum absolute atomic E-state index is 12.7. The number of aromatic amines is 1. The zero-order valence-electron chi connectivity index (χ0n) is 19.9. The highest BCUT2D eigenvalue weighted by molar-refractivity contribution is 9.10. The fourth-order valence-corrected chi connectivity index (χ4v) is 4.48. The molecule has 0 spiro atoms. The van der Waals surface area contributed by atoms with E-state index in [2.05, 4.69) is 31.0 Å². The number of aromatic nitrogens is 4. The second-order valence-electron chi connectivity index (χ2n) is 9.61. The van der Waals surface area contributed by atoms with Crippen molar-refractivity contribution in [1.29, 1.82) is 0 Å². The molecule has 1 N–H and O–H groups in total. The van der Waals surface area contributed by atoms with Crippen LogP contribution in [-0.2, 0) is 11.8 Å². The van der Waals surface area contributed by atoms with Crippen molar-refractivity contribution in [2.24, 2.45) is 7.05 Å². The number of nitrogens with one attached hydrogen (secondary N) is 1. The molecule has 3 aromatic heterocycles. The summed E-state index contributed by atoms with van der Waals surface area (Å²) in [6.45, 7) is 6.66. The molecule has 1 aliphatic rings. The van der Waals surface area contributed by atoms with E-state index in [9.17, 15) is 9.59 Å². The van der Waals surface area contributed by atoms with Crippen molar-refractivity contribution < 1.29 is 18.7 Å². The van der Waals surface area contributed by atoms with Crippen LogP contribution in [0.25, 0.3) is 33.6 Å². The molecule has 11 heteroatoms. The number of piperidine rings is 1. The Morgan fingerprint density at radius 2 is 1.97 bits per heavy atom. The lowest BCUT2D eigenvalue weighted by Crippen LogP contribution is -2.44. The molecule has 0 bridgehead atoms. The minimum atomic E-state index is -0.522. The first-order valence-electron chi connectivity index (χ1n) is 11.4. The highest BCUT2D eigenvalue weighted by Gasteiger charge is 2.28. The fraction of sp³-hybridized carbons (Fsp3) is 0.417. The van der Waals surface area contributed by atoms with Crippen molar-refractivity contribution in [1.82, 2.24) is 24.6 Å². The number of likely N-dealkylation sites (tertiary alicyclic amines) is 1. The van der Waals surface area contributed by atoms with Crippen LogP contribution in [0.3, 0.4) is 0 Å². The van der Waals surface area contributed by atoms with Crippen LogP contribution in [0.15, 0.2) is 37.9 Å². The Kier molecular flexibility index (Phi) is 5.82. The lowest BCUT2D eigenvalue weighted by molar-refractivity contribution is 0.0122. The van der Waals surface area contributed by atoms with Crippen molar-refractivity contribution in [3.05, 3.63) is 39.1 Å². The van der Waals surface area contributed by atoms with Gasteiger partial charge in [-0.3, -0.25) is 9.48 Å². The van der Waals surface area contributed by atoms with Gasteiger partial charge in [0.15, 0.2) is 5.82 Å². The van der Waals surface area contributed by atoms with E-state index in [1.165, 1.54) is 0 Å². The van der Waals surface area contributed by atoms with Gasteiger partial charge in [-0.2, -0.15) is 0 Å². The molecule has 4 aromatic rings. The van der Waals surface area contributed by atoms with Gasteiger partial charge < -0.3 is 23.8 Å². The molecule has 0 unspecified atom stereocenters. The van der Waals surface area contributed by atoms with Gasteiger partial charge in [-0.25, -0.2) is 9.78 Å². The molecule has 0 aliphatic carbocycles. The second-order valence-corrected chi connectivity index (χ2v) is 10.5. The first-order chi connectivity index (χ1) is 16.6. The predicted molar refractivity (Wildman–Crippen MR) is 133 cm³/mol. The van der Waals surface area contributed by atoms with Crippen molar-refractivity contribution in [2.45, 2.75) is 45.3 Å². The lowest BCUT2D eigenvalue weighted by Gasteiger charge is -2.33. The highest BCUT2D eigenvalue weighted by Crippen LogP contribution is 2.30. The Balaban J connectivity index is 1.34. The lowest BCUT2D eigenvalue weighted by atomic mass is 10.1. The Hall–Kier alpha value is -3.34. The highest BCUT2D eigenvalue weighted by atomic mass is 79.9. The first kappa shape index (κ1) is 23.4. The van der Waals surface area contributed by atoms with Crippen LogP contribution in [0.2, 0.25) is 0 Å². The van der Waals surface area contributed by atoms with E-state index >= 15 is 0 Å². The SMILES string of the molecule is Cn1nc(OC2CCN(C(=O)OC(C)(C)C)CC2)cc1-c1nc2c(oc3ccc(Br)cc32)c(=O)[nH]1. The minimum Gasteiger partial charge on any atom is -0.473 e. The summed E-state index contributed by atoms with van der Waals surface area (Å²) in [7, 11) is 1.77. The number of furan rings is 1. The summed E-state index contributed by atoms with van der Waals surface area (Å²) >= 11 is 3.46. The normalized spacial score (nSPS) is 15.2. The number of aryl methyl sites for hydroxylation is 1. The van der Waals surface area contributed by atoms with Crippen molar-refractivity contribution in [3.8, 4) is 17.4 Å². The molecule has 5 rings (SSSR count). The summed E-state index contributed by atoms with van der Waals surface area (Å²) in [5.41, 5.74) is 0.970. The number of nitrogens with zero attached hydrogens (tertiary/aromatic N) is 4. The molecule has 0 atom stereocenters. The minimum absolute atomic E-state index is 0.0823. The smallest absolute Gasteiger partial charge is 0.410 e. The van der Waals surface area contributed by atoms with Gasteiger partial charge in [-0.1, -0.05) is 15.9 Å². The molecule has 1 saturated heterocycles. The maximum atomic E-state index is 12.7. The molecule has 0 radical (unpaired) electrons. The van der Waals surface area contributed by atoms with E-state index < -0.39 is 5.60 Å². The Morgan fingerprint density at radius 1 is 1.23 bits per heavy atom. The summed E-state index contributed by atoms with van der Waals surface area (Å²) in [5.74, 6) is 0.801. The first-order valence-corrected chi connectivity index (χ1v) is 12.2. The van der Waals surface area contributed by atoms with Crippen LogP contribution in [-0.4, -0.2) is 55.5 Å². The van der Waals surface area contributed by atoms with Crippen LogP contribution in [0, 0.1) is 0 Å². The number of halogens is 1. The number of ether oxygens (including phenoxy) is 2. The molecule has 10 nitrogen and oxygen atoms in total. The number of amides is 1. The van der Waals surface area contributed by atoms with Gasteiger partial charge in [0.1, 0.15) is 28.5 Å². The average Bonchev–Trinajstić information content (AvgIpc) is 3.33. The van der Waals surface area contributed by atoms with Crippen molar-refractivity contribution >= 4 is 44.1 Å². The van der Waals surface area contributed by atoms with Gasteiger partial charge in [0, 0.05) is 48.9 Å². The molecular weight excluding hydrogens is 518 g/mol. The van der Waals surface area contributed by atoms with E-state index in [1.807, 2.05) is 32.9 Å². The Morgan fingerprint density at radius 3 is 2.69 bits per heavy atom. The van der Waals surface area contributed by atoms with Crippen LogP contribution in [0.5, 0.6) is 5.88 Å². The molecule has 184 valence electrons. The Bertz CT molecular complexity index is 1470. The van der Waals surface area contributed by atoms with E-state index in [4.69, 9.17) is 13.9 Å². The van der Waals surface area contributed by atoms with Gasteiger partial charge in [-0.05, 0) is 39.0 Å². The molecule has 0 saturated carbocycles. The average molecular weight is 544 g/mol. The molecule has 1 aliphatic heterocycles. The van der Waals surface area contributed by atoms with Crippen LogP contribution in [0.4, 0.5) is 4.79 Å². The van der Waals surface area contributed by atoms with E-state index in [-0.39, 0.29) is 23.3 Å². The van der Waals surface area contributed by atoms with Crippen LogP contribution >= 0.6 is 15.9 Å². The van der Waals surface area contributed by atoms with Crippen molar-refractivity contribution in [2.75, 3.05) is 13.1 Å². The fourth-order valence-electron chi connectivity index (χ4n) is 4.12. The Labute approximate surface area is 209 Å². The molecular formula is C24H26BrN5O5.